The smallest absolute Gasteiger partial charge is 0.371 e. The van der Waals surface area contributed by atoms with Gasteiger partial charge in [0.05, 0.1) is 5.69 Å². The number of carboxylic acids is 1. The van der Waals surface area contributed by atoms with E-state index in [4.69, 9.17) is 14.3 Å². The number of aromatic carboxylic acids is 1. The number of hydrogen-bond donors (Lipinski definition) is 1. The number of aromatic nitrogens is 2. The van der Waals surface area contributed by atoms with Crippen molar-refractivity contribution in [3.8, 4) is 5.75 Å². The molecule has 0 saturated heterocycles. The van der Waals surface area contributed by atoms with Crippen molar-refractivity contribution in [3.05, 3.63) is 53.4 Å². The Kier molecular flexibility index (Phi) is 3.13. The standard InChI is InChI=1S/C15H14N2O4/c1-9-10(2)17-7-3-4-12(14(17)16-9)20-8-11-5-6-13(21-11)15(18)19/h3-7H,8H2,1-2H3,(H,18,19). The number of carbonyl (C=O) groups is 1. The Morgan fingerprint density at radius 3 is 2.90 bits per heavy atom. The molecule has 0 fully saturated rings. The number of imidazole rings is 1. The predicted molar refractivity (Wildman–Crippen MR) is 74.7 cm³/mol. The number of ether oxygens (including phenoxy) is 1. The summed E-state index contributed by atoms with van der Waals surface area (Å²) in [6.45, 7) is 4.08. The SMILES string of the molecule is Cc1nc2c(OCc3ccc(C(=O)O)o3)cccn2c1C. The lowest BCUT2D eigenvalue weighted by Gasteiger charge is -2.06. The summed E-state index contributed by atoms with van der Waals surface area (Å²) in [6.07, 6.45) is 1.92. The van der Waals surface area contributed by atoms with Crippen LogP contribution < -0.4 is 4.74 Å². The van der Waals surface area contributed by atoms with Crippen molar-refractivity contribution < 1.29 is 19.1 Å². The third kappa shape index (κ3) is 2.35. The summed E-state index contributed by atoms with van der Waals surface area (Å²) in [5, 5.41) is 8.81. The third-order valence-electron chi connectivity index (χ3n) is 3.33. The van der Waals surface area contributed by atoms with E-state index in [0.717, 1.165) is 17.0 Å². The van der Waals surface area contributed by atoms with Crippen LogP contribution in [0.15, 0.2) is 34.9 Å². The summed E-state index contributed by atoms with van der Waals surface area (Å²) in [4.78, 5) is 15.2. The van der Waals surface area contributed by atoms with Crippen molar-refractivity contribution in [1.29, 1.82) is 0 Å². The second-order valence-electron chi connectivity index (χ2n) is 4.71. The van der Waals surface area contributed by atoms with Gasteiger partial charge in [0.25, 0.3) is 0 Å². The van der Waals surface area contributed by atoms with Crippen LogP contribution in [0.5, 0.6) is 5.75 Å². The van der Waals surface area contributed by atoms with Crippen LogP contribution in [0.2, 0.25) is 0 Å². The lowest BCUT2D eigenvalue weighted by Crippen LogP contribution is -1.97. The molecule has 1 N–H and O–H groups in total. The van der Waals surface area contributed by atoms with Crippen molar-refractivity contribution in [2.75, 3.05) is 0 Å². The summed E-state index contributed by atoms with van der Waals surface area (Å²) in [7, 11) is 0. The first-order valence-electron chi connectivity index (χ1n) is 6.45. The van der Waals surface area contributed by atoms with E-state index < -0.39 is 5.97 Å². The Morgan fingerprint density at radius 2 is 2.19 bits per heavy atom. The number of rotatable bonds is 4. The van der Waals surface area contributed by atoms with Crippen molar-refractivity contribution in [2.45, 2.75) is 20.5 Å². The Labute approximate surface area is 120 Å². The molecule has 21 heavy (non-hydrogen) atoms. The van der Waals surface area contributed by atoms with Crippen LogP contribution >= 0.6 is 0 Å². The minimum atomic E-state index is -1.09. The van der Waals surface area contributed by atoms with Crippen LogP contribution in [-0.2, 0) is 6.61 Å². The van der Waals surface area contributed by atoms with Gasteiger partial charge >= 0.3 is 5.97 Å². The first kappa shape index (κ1) is 13.2. The molecule has 0 unspecified atom stereocenters. The number of aryl methyl sites for hydroxylation is 2. The van der Waals surface area contributed by atoms with E-state index in [-0.39, 0.29) is 12.4 Å². The number of pyridine rings is 1. The maximum atomic E-state index is 10.8. The van der Waals surface area contributed by atoms with Crippen molar-refractivity contribution >= 4 is 11.6 Å². The lowest BCUT2D eigenvalue weighted by molar-refractivity contribution is 0.0658. The summed E-state index contributed by atoms with van der Waals surface area (Å²) >= 11 is 0. The van der Waals surface area contributed by atoms with E-state index in [1.807, 2.05) is 36.6 Å². The quantitative estimate of drug-likeness (QED) is 0.798. The van der Waals surface area contributed by atoms with Gasteiger partial charge < -0.3 is 18.7 Å². The van der Waals surface area contributed by atoms with Gasteiger partial charge in [-0.3, -0.25) is 0 Å². The molecule has 0 saturated carbocycles. The average molecular weight is 286 g/mol. The van der Waals surface area contributed by atoms with E-state index in [1.165, 1.54) is 6.07 Å². The van der Waals surface area contributed by atoms with E-state index in [9.17, 15) is 4.79 Å². The van der Waals surface area contributed by atoms with Crippen LogP contribution in [0.25, 0.3) is 5.65 Å². The second-order valence-corrected chi connectivity index (χ2v) is 4.71. The molecule has 0 atom stereocenters. The van der Waals surface area contributed by atoms with Gasteiger partial charge in [-0.05, 0) is 38.1 Å². The molecule has 6 heteroatoms. The molecule has 0 bridgehead atoms. The van der Waals surface area contributed by atoms with Gasteiger partial charge in [-0.25, -0.2) is 9.78 Å². The van der Waals surface area contributed by atoms with Gasteiger partial charge in [0, 0.05) is 11.9 Å². The molecular weight excluding hydrogens is 272 g/mol. The van der Waals surface area contributed by atoms with Crippen LogP contribution in [-0.4, -0.2) is 20.5 Å². The molecule has 108 valence electrons. The largest absolute Gasteiger partial charge is 0.482 e. The summed E-state index contributed by atoms with van der Waals surface area (Å²) in [5.41, 5.74) is 2.73. The molecule has 3 heterocycles. The number of furan rings is 1. The maximum Gasteiger partial charge on any atom is 0.371 e. The van der Waals surface area contributed by atoms with Crippen molar-refractivity contribution in [1.82, 2.24) is 9.38 Å². The molecule has 0 radical (unpaired) electrons. The predicted octanol–water partition coefficient (Wildman–Crippen LogP) is 2.82. The summed E-state index contributed by atoms with van der Waals surface area (Å²) in [6, 6.07) is 6.70. The fourth-order valence-electron chi connectivity index (χ4n) is 2.11. The van der Waals surface area contributed by atoms with Gasteiger partial charge in [-0.1, -0.05) is 0 Å². The number of nitrogens with zero attached hydrogens (tertiary/aromatic N) is 2. The number of hydrogen-bond acceptors (Lipinski definition) is 4. The lowest BCUT2D eigenvalue weighted by atomic mass is 10.4. The zero-order chi connectivity index (χ0) is 15.0. The van der Waals surface area contributed by atoms with E-state index in [0.29, 0.717) is 11.5 Å². The minimum absolute atomic E-state index is 0.0979. The van der Waals surface area contributed by atoms with Gasteiger partial charge in [0.15, 0.2) is 11.4 Å². The fraction of sp³-hybridized carbons (Fsp3) is 0.200. The molecule has 0 aliphatic carbocycles. The maximum absolute atomic E-state index is 10.8. The zero-order valence-corrected chi connectivity index (χ0v) is 11.7. The van der Waals surface area contributed by atoms with Crippen LogP contribution in [0.3, 0.4) is 0 Å². The first-order valence-corrected chi connectivity index (χ1v) is 6.45. The minimum Gasteiger partial charge on any atom is -0.482 e. The number of fused-ring (bicyclic) bond motifs is 1. The van der Waals surface area contributed by atoms with E-state index in [1.54, 1.807) is 6.07 Å². The molecule has 0 aliphatic heterocycles. The fourth-order valence-corrected chi connectivity index (χ4v) is 2.11. The highest BCUT2D eigenvalue weighted by atomic mass is 16.5. The molecule has 0 aliphatic rings. The Balaban J connectivity index is 1.84. The van der Waals surface area contributed by atoms with Crippen LogP contribution in [0.4, 0.5) is 0 Å². The summed E-state index contributed by atoms with van der Waals surface area (Å²) < 4.78 is 12.8. The van der Waals surface area contributed by atoms with E-state index >= 15 is 0 Å². The summed E-state index contributed by atoms with van der Waals surface area (Å²) in [5.74, 6) is -0.112. The van der Waals surface area contributed by atoms with Gasteiger partial charge in [0.2, 0.25) is 5.76 Å². The first-order chi connectivity index (χ1) is 10.1. The van der Waals surface area contributed by atoms with Crippen molar-refractivity contribution in [3.63, 3.8) is 0 Å². The molecule has 6 nitrogen and oxygen atoms in total. The van der Waals surface area contributed by atoms with Gasteiger partial charge in [0.1, 0.15) is 12.4 Å². The average Bonchev–Trinajstić information content (AvgIpc) is 3.04. The Bertz CT molecular complexity index is 816. The highest BCUT2D eigenvalue weighted by molar-refractivity contribution is 5.84. The normalized spacial score (nSPS) is 11.0. The molecule has 0 amide bonds. The highest BCUT2D eigenvalue weighted by Gasteiger charge is 2.12. The van der Waals surface area contributed by atoms with Crippen LogP contribution in [0.1, 0.15) is 27.7 Å². The Morgan fingerprint density at radius 1 is 1.38 bits per heavy atom. The monoisotopic (exact) mass is 286 g/mol. The van der Waals surface area contributed by atoms with E-state index in [2.05, 4.69) is 4.98 Å². The topological polar surface area (TPSA) is 77.0 Å². The van der Waals surface area contributed by atoms with Gasteiger partial charge in [-0.2, -0.15) is 0 Å². The van der Waals surface area contributed by atoms with Gasteiger partial charge in [-0.15, -0.1) is 0 Å². The molecule has 3 aromatic heterocycles. The second kappa shape index (κ2) is 4.97. The molecular formula is C15H14N2O4. The molecule has 0 aromatic carbocycles. The molecule has 0 spiro atoms. The third-order valence-corrected chi connectivity index (χ3v) is 3.33. The Hall–Kier alpha value is -2.76. The van der Waals surface area contributed by atoms with Crippen molar-refractivity contribution in [2.24, 2.45) is 0 Å². The molecule has 3 rings (SSSR count). The van der Waals surface area contributed by atoms with Crippen LogP contribution in [0, 0.1) is 13.8 Å². The number of carboxylic acid groups (broad SMARTS) is 1. The molecule has 3 aromatic rings. The highest BCUT2D eigenvalue weighted by Crippen LogP contribution is 2.22. The zero-order valence-electron chi connectivity index (χ0n) is 11.7.